The Kier molecular flexibility index (Phi) is 45.1. The lowest BCUT2D eigenvalue weighted by Crippen LogP contribution is -2.57. The number of carbonyl (C=O) groups excluding carboxylic acids is 7. The molecule has 6 aromatic carbocycles. The maximum absolute atomic E-state index is 14.1. The molecule has 12 rings (SSSR count). The third-order valence-electron chi connectivity index (χ3n) is 22.4. The van der Waals surface area contributed by atoms with Crippen molar-refractivity contribution in [3.05, 3.63) is 201 Å². The van der Waals surface area contributed by atoms with E-state index in [4.69, 9.17) is 53.0 Å². The number of β-amino-alcohol motifs (C(OH)–C–C–N with tert-alkyl or cyclic N) is 2. The van der Waals surface area contributed by atoms with Crippen LogP contribution in [0.5, 0.6) is 11.5 Å². The molecule has 0 radical (unpaired) electrons. The zero-order valence-electron chi connectivity index (χ0n) is 80.6. The Balaban J connectivity index is 0.000000285. The van der Waals surface area contributed by atoms with E-state index in [1.807, 2.05) is 153 Å². The molecule has 12 N–H and O–H groups in total. The Hall–Kier alpha value is -11.9. The first kappa shape index (κ1) is 114. The lowest BCUT2D eigenvalue weighted by atomic mass is 9.85. The number of carboxylic acids is 1. The number of carbonyl (C=O) groups is 8. The maximum Gasteiger partial charge on any atom is 0.303 e. The molecule has 0 bridgehead atoms. The van der Waals surface area contributed by atoms with Crippen molar-refractivity contribution in [3.8, 4) is 32.4 Å². The molecule has 0 aliphatic carbocycles. The number of unbranched alkanes of at least 4 members (excludes halogenated alkanes) is 4. The number of aliphatic hydroxyl groups excluding tert-OH is 2. The van der Waals surface area contributed by atoms with Crippen molar-refractivity contribution in [3.63, 3.8) is 0 Å². The Bertz CT molecular complexity index is 5910. The summed E-state index contributed by atoms with van der Waals surface area (Å²) in [7, 11) is 7.59. The fourth-order valence-electron chi connectivity index (χ4n) is 14.8. The molecule has 4 aromatic heterocycles. The zero-order chi connectivity index (χ0) is 101. The number of thiazole rings is 2. The first-order valence-electron chi connectivity index (χ1n) is 45.7. The van der Waals surface area contributed by atoms with Crippen molar-refractivity contribution in [2.45, 2.75) is 176 Å². The summed E-state index contributed by atoms with van der Waals surface area (Å²) in [6.07, 6.45) is 12.3. The van der Waals surface area contributed by atoms with Crippen LogP contribution in [0.25, 0.3) is 42.7 Å². The molecule has 7 amide bonds. The number of hydrogen-bond acceptors (Lipinski definition) is 27. The lowest BCUT2D eigenvalue weighted by Gasteiger charge is -2.35. The van der Waals surface area contributed by atoms with Crippen LogP contribution in [0.2, 0.25) is 10.0 Å². The second kappa shape index (κ2) is 55.5. The second-order valence-corrected chi connectivity index (χ2v) is 38.8. The molecule has 2 aliphatic rings. The van der Waals surface area contributed by atoms with Gasteiger partial charge >= 0.3 is 5.97 Å². The van der Waals surface area contributed by atoms with E-state index in [1.54, 1.807) is 59.1 Å². The van der Waals surface area contributed by atoms with Crippen LogP contribution in [0.3, 0.4) is 0 Å². The van der Waals surface area contributed by atoms with Crippen molar-refractivity contribution in [1.82, 2.24) is 65.5 Å². The summed E-state index contributed by atoms with van der Waals surface area (Å²) in [5, 5.41) is 51.2. The minimum absolute atomic E-state index is 0. The number of likely N-dealkylation sites (N-methyl/N-ethyl adjacent to an activating group) is 2. The predicted octanol–water partition coefficient (Wildman–Crippen LogP) is 15.8. The second-order valence-electron chi connectivity index (χ2n) is 36.3. The summed E-state index contributed by atoms with van der Waals surface area (Å²) >= 11 is 15.1. The van der Waals surface area contributed by atoms with Gasteiger partial charge in [-0.15, -0.1) is 35.1 Å². The van der Waals surface area contributed by atoms with Gasteiger partial charge in [-0.25, -0.2) is 38.7 Å². The van der Waals surface area contributed by atoms with Crippen LogP contribution < -0.4 is 52.4 Å². The molecule has 2 aliphatic heterocycles. The van der Waals surface area contributed by atoms with Crippen LogP contribution in [0.4, 0.5) is 43.2 Å². The van der Waals surface area contributed by atoms with E-state index < -0.39 is 70.7 Å². The summed E-state index contributed by atoms with van der Waals surface area (Å²) in [6, 6.07) is 27.9. The van der Waals surface area contributed by atoms with Gasteiger partial charge in [-0.1, -0.05) is 146 Å². The number of benzene rings is 6. The number of amides is 7. The molecule has 141 heavy (non-hydrogen) atoms. The van der Waals surface area contributed by atoms with Gasteiger partial charge in [0.25, 0.3) is 0 Å². The van der Waals surface area contributed by atoms with E-state index in [0.717, 1.165) is 56.2 Å². The molecule has 40 heteroatoms. The van der Waals surface area contributed by atoms with E-state index in [0.29, 0.717) is 133 Å². The molecule has 0 saturated carbocycles. The fourth-order valence-corrected chi connectivity index (χ4v) is 16.8. The smallest absolute Gasteiger partial charge is 0.303 e. The fraction of sp³-hybridized carbons (Fsp3) is 0.426. The number of hydrogen-bond donors (Lipinski definition) is 11. The van der Waals surface area contributed by atoms with Crippen LogP contribution in [-0.2, 0) is 60.9 Å². The molecule has 2 saturated heterocycles. The number of nitrogens with zero attached hydrogens (tertiary/aromatic N) is 10. The monoisotopic (exact) mass is 2040 g/mol. The van der Waals surface area contributed by atoms with Crippen molar-refractivity contribution in [2.75, 3.05) is 115 Å². The maximum atomic E-state index is 14.1. The molecule has 760 valence electrons. The Morgan fingerprint density at radius 3 is 1.35 bits per heavy atom. The van der Waals surface area contributed by atoms with Gasteiger partial charge in [-0.05, 0) is 149 Å². The van der Waals surface area contributed by atoms with Gasteiger partial charge in [0.05, 0.1) is 96.1 Å². The molecule has 6 heterocycles. The highest BCUT2D eigenvalue weighted by Gasteiger charge is 2.46. The molecule has 33 nitrogen and oxygen atoms in total. The van der Waals surface area contributed by atoms with Crippen LogP contribution in [0, 0.1) is 36.3 Å². The number of ether oxygens (including phenoxy) is 4. The number of likely N-dealkylation sites (tertiary alicyclic amines) is 2. The quantitative estimate of drug-likeness (QED) is 0.0125. The lowest BCUT2D eigenvalue weighted by molar-refractivity contribution is -0.144. The van der Waals surface area contributed by atoms with Crippen molar-refractivity contribution in [2.24, 2.45) is 16.6 Å². The molecular weight excluding hydrogens is 1910 g/mol. The normalized spacial score (nSPS) is 15.1. The summed E-state index contributed by atoms with van der Waals surface area (Å²) < 4.78 is 50.9. The number of rotatable bonds is 43. The minimum Gasteiger partial charge on any atom is -0.489 e. The number of aliphatic hydroxyl groups is 2. The average Bonchev–Trinajstić information content (AvgIpc) is 1.78. The van der Waals surface area contributed by atoms with Gasteiger partial charge in [0.1, 0.15) is 78.8 Å². The van der Waals surface area contributed by atoms with E-state index in [1.165, 1.54) is 71.0 Å². The largest absolute Gasteiger partial charge is 0.489 e. The average molecular weight is 2040 g/mol. The number of aromatic nitrogens is 6. The molecular formula is C101H129Cl3F2N18O15S2. The Morgan fingerprint density at radius 1 is 0.546 bits per heavy atom. The van der Waals surface area contributed by atoms with Gasteiger partial charge in [-0.2, -0.15) is 0 Å². The highest BCUT2D eigenvalue weighted by molar-refractivity contribution is 7.13. The first-order chi connectivity index (χ1) is 66.3. The summed E-state index contributed by atoms with van der Waals surface area (Å²) in [6.45, 7) is 18.9. The van der Waals surface area contributed by atoms with Crippen LogP contribution in [0.15, 0.2) is 157 Å². The highest BCUT2D eigenvalue weighted by atomic mass is 35.5. The standard InChI is InChI=1S/C50H61ClFN9O7S.C28H33ClFN5O5.C22H30N4O3S.CH4.ClH/c1-31-45(69-30-56-31)33-15-13-32(14-16-33)27-53-48(65)41-24-35(62)28-61(41)49(66)46(50(2,3)4)59-44(64)11-8-7-9-20-67-21-22-68-42-26-39-36(25-40(42)58-43(63)12-10-19-60(5)6)47(55-29-54-39)57-34-17-18-38(52)37(51)23-34;1-35(2)11-6-7-26(36)34-24-16-20-23(17-25(24)40-14-13-39-12-5-3-4-8-27(37)38)31-18-32-28(20)33-19-9-10-22(30)21(29)15-19;1-13-18(30-12-25-13)15-7-5-14(6-8-15)10-24-20(28)17-9-16(27)11-26(17)21(29)19(23)22(2,3)4;;/h10,12-18,23,25-26,29-30,35,41,46,62H,7-9,11,19-22,24,27-28H2,1-6H3,(H,53,65)(H,58,63)(H,59,64)(H,54,55,57);6-7,9-10,15-18H,3-5,8,11-14H2,1-2H3,(H,34,36)(H,37,38)(H,31,32,33);5-8,12,16-17,19,27H,9-11,23H2,1-4H3,(H,24,28);1H4;1H/b12-10+;7-6+;;;/t35-,41+,46-;;16-,17+,19-;;/m1.1../s1. The van der Waals surface area contributed by atoms with E-state index in [-0.39, 0.29) is 130 Å². The van der Waals surface area contributed by atoms with E-state index >= 15 is 0 Å². The number of halogens is 5. The predicted molar refractivity (Wildman–Crippen MR) is 552 cm³/mol. The van der Waals surface area contributed by atoms with Crippen LogP contribution in [-0.4, -0.2) is 243 Å². The van der Waals surface area contributed by atoms with Crippen molar-refractivity contribution >= 4 is 162 Å². The van der Waals surface area contributed by atoms with Crippen LogP contribution >= 0.6 is 58.3 Å². The minimum atomic E-state index is -0.917. The van der Waals surface area contributed by atoms with Crippen LogP contribution in [0.1, 0.15) is 136 Å². The summed E-state index contributed by atoms with van der Waals surface area (Å²) in [5.74, 6) is -2.59. The zero-order valence-corrected chi connectivity index (χ0v) is 84.5. The van der Waals surface area contributed by atoms with E-state index in [2.05, 4.69) is 67.1 Å². The third-order valence-corrected chi connectivity index (χ3v) is 24.9. The number of nitrogens with one attached hydrogen (secondary N) is 7. The Morgan fingerprint density at radius 2 is 0.965 bits per heavy atom. The Labute approximate surface area is 845 Å². The van der Waals surface area contributed by atoms with Gasteiger partial charge in [-0.3, -0.25) is 38.4 Å². The van der Waals surface area contributed by atoms with Gasteiger partial charge in [0.15, 0.2) is 0 Å². The summed E-state index contributed by atoms with van der Waals surface area (Å²) in [5.41, 5.74) is 17.5. The first-order valence-corrected chi connectivity index (χ1v) is 48.2. The van der Waals surface area contributed by atoms with Gasteiger partial charge < -0.3 is 96.8 Å². The number of fused-ring (bicyclic) bond motifs is 2. The van der Waals surface area contributed by atoms with Gasteiger partial charge in [0.2, 0.25) is 41.4 Å². The number of anilines is 6. The molecule has 0 spiro atoms. The van der Waals surface area contributed by atoms with Gasteiger partial charge in [0, 0.05) is 125 Å². The molecule has 0 unspecified atom stereocenters. The third kappa shape index (κ3) is 35.4. The summed E-state index contributed by atoms with van der Waals surface area (Å²) in [4.78, 5) is 137. The highest BCUT2D eigenvalue weighted by Crippen LogP contribution is 2.39. The molecule has 2 fully saturated rings. The topological polar surface area (TPSA) is 435 Å². The number of aliphatic carboxylic acids is 1. The molecule has 10 aromatic rings. The number of carboxylic acid groups (broad SMARTS) is 1. The van der Waals surface area contributed by atoms with Crippen molar-refractivity contribution in [1.29, 1.82) is 0 Å². The van der Waals surface area contributed by atoms with Crippen molar-refractivity contribution < 1.29 is 81.4 Å². The molecule has 6 atom stereocenters. The number of aryl methyl sites for hydroxylation is 2. The van der Waals surface area contributed by atoms with E-state index in [9.17, 15) is 57.4 Å². The number of nitrogens with two attached hydrogens (primary N) is 1. The SMILES string of the molecule is C.CN(C)C/C=C/C(=O)Nc1cc2c(Nc3ccc(F)c(Cl)c3)ncnc2cc1OCCOCCCCCC(=O)O.Cc1ncsc1-c1ccc(CNC(=O)[C@@H]2C[C@@H](O)CN2C(=O)[C@@H](N)C(C)(C)C)cc1.Cc1ncsc1-c1ccc(CNC(=O)[C@@H]2C[C@@H](O)CN2C(=O)[C@@H](NC(=O)CCCCCOCCOc2cc3ncnc(Nc4ccc(F)c(Cl)c4)c3cc2NC(=O)/C=C/CN(C)C)C(C)(C)C)cc1.Cl.